The molecule has 1 saturated carbocycles. The number of carbonyl (C=O) groups excluding carboxylic acids is 1. The average molecular weight is 390 g/mol. The Morgan fingerprint density at radius 3 is 2.44 bits per heavy atom. The lowest BCUT2D eigenvalue weighted by Crippen LogP contribution is -2.27. The molecule has 0 aliphatic heterocycles. The minimum Gasteiger partial charge on any atom is -0.496 e. The number of rotatable bonds is 8. The van der Waals surface area contributed by atoms with Crippen molar-refractivity contribution in [2.75, 3.05) is 14.2 Å². The van der Waals surface area contributed by atoms with Crippen LogP contribution in [-0.2, 0) is 16.6 Å². The van der Waals surface area contributed by atoms with Crippen LogP contribution in [-0.4, -0.2) is 34.6 Å². The van der Waals surface area contributed by atoms with E-state index >= 15 is 0 Å². The summed E-state index contributed by atoms with van der Waals surface area (Å²) in [6, 6.07) is 11.7. The van der Waals surface area contributed by atoms with Crippen LogP contribution in [0.5, 0.6) is 11.5 Å². The SMILES string of the molecule is COc1ccccc1CNC(=O)c1ccc(OC)c(S(=O)(=O)NC2CC2)c1. The summed E-state index contributed by atoms with van der Waals surface area (Å²) in [5.41, 5.74) is 1.06. The quantitative estimate of drug-likeness (QED) is 0.720. The van der Waals surface area contributed by atoms with E-state index in [2.05, 4.69) is 10.0 Å². The topological polar surface area (TPSA) is 93.7 Å². The summed E-state index contributed by atoms with van der Waals surface area (Å²) in [5, 5.41) is 2.78. The molecule has 0 atom stereocenters. The smallest absolute Gasteiger partial charge is 0.251 e. The van der Waals surface area contributed by atoms with Gasteiger partial charge in [0.05, 0.1) is 14.2 Å². The van der Waals surface area contributed by atoms with Gasteiger partial charge >= 0.3 is 0 Å². The van der Waals surface area contributed by atoms with Crippen molar-refractivity contribution in [3.63, 3.8) is 0 Å². The molecule has 0 unspecified atom stereocenters. The summed E-state index contributed by atoms with van der Waals surface area (Å²) in [7, 11) is -0.789. The lowest BCUT2D eigenvalue weighted by Gasteiger charge is -2.13. The summed E-state index contributed by atoms with van der Waals surface area (Å²) < 4.78 is 38.2. The number of hydrogen-bond donors (Lipinski definition) is 2. The number of sulfonamides is 1. The molecule has 0 aromatic heterocycles. The summed E-state index contributed by atoms with van der Waals surface area (Å²) in [6.45, 7) is 0.261. The number of hydrogen-bond acceptors (Lipinski definition) is 5. The third-order valence-electron chi connectivity index (χ3n) is 4.25. The van der Waals surface area contributed by atoms with E-state index < -0.39 is 10.0 Å². The Morgan fingerprint density at radius 1 is 1.07 bits per heavy atom. The van der Waals surface area contributed by atoms with Crippen molar-refractivity contribution in [3.05, 3.63) is 53.6 Å². The zero-order valence-corrected chi connectivity index (χ0v) is 16.0. The second kappa shape index (κ2) is 7.98. The normalized spacial score (nSPS) is 13.9. The van der Waals surface area contributed by atoms with E-state index in [1.807, 2.05) is 24.3 Å². The van der Waals surface area contributed by atoms with Gasteiger partial charge < -0.3 is 14.8 Å². The molecule has 144 valence electrons. The van der Waals surface area contributed by atoms with Gasteiger partial charge in [-0.15, -0.1) is 0 Å². The third-order valence-corrected chi connectivity index (χ3v) is 5.79. The molecule has 1 fully saturated rings. The molecule has 1 aliphatic carbocycles. The standard InChI is InChI=1S/C19H22N2O5S/c1-25-16-6-4-3-5-14(16)12-20-19(22)13-7-10-17(26-2)18(11-13)27(23,24)21-15-8-9-15/h3-7,10-11,15,21H,8-9,12H2,1-2H3,(H,20,22). The van der Waals surface area contributed by atoms with E-state index in [1.165, 1.54) is 25.3 Å². The van der Waals surface area contributed by atoms with Gasteiger partial charge in [-0.05, 0) is 37.1 Å². The lowest BCUT2D eigenvalue weighted by molar-refractivity contribution is 0.0950. The van der Waals surface area contributed by atoms with Crippen LogP contribution in [0.25, 0.3) is 0 Å². The fourth-order valence-electron chi connectivity index (χ4n) is 2.64. The average Bonchev–Trinajstić information content (AvgIpc) is 3.49. The second-order valence-electron chi connectivity index (χ2n) is 6.26. The van der Waals surface area contributed by atoms with Gasteiger partial charge in [0, 0.05) is 23.7 Å². The first-order valence-electron chi connectivity index (χ1n) is 8.55. The highest BCUT2D eigenvalue weighted by Gasteiger charge is 2.30. The Bertz CT molecular complexity index is 939. The van der Waals surface area contributed by atoms with E-state index in [9.17, 15) is 13.2 Å². The summed E-state index contributed by atoms with van der Waals surface area (Å²) in [6.07, 6.45) is 1.64. The van der Waals surface area contributed by atoms with Crippen LogP contribution < -0.4 is 19.5 Å². The number of benzene rings is 2. The third kappa shape index (κ3) is 4.58. The van der Waals surface area contributed by atoms with Crippen LogP contribution in [0.15, 0.2) is 47.4 Å². The predicted octanol–water partition coefficient (Wildman–Crippen LogP) is 2.07. The lowest BCUT2D eigenvalue weighted by atomic mass is 10.1. The van der Waals surface area contributed by atoms with Crippen LogP contribution in [0.2, 0.25) is 0 Å². The number of nitrogens with one attached hydrogen (secondary N) is 2. The highest BCUT2D eigenvalue weighted by Crippen LogP contribution is 2.28. The van der Waals surface area contributed by atoms with Gasteiger partial charge in [-0.2, -0.15) is 0 Å². The molecular weight excluding hydrogens is 368 g/mol. The van der Waals surface area contributed by atoms with E-state index in [1.54, 1.807) is 7.11 Å². The summed E-state index contributed by atoms with van der Waals surface area (Å²) >= 11 is 0. The van der Waals surface area contributed by atoms with Crippen LogP contribution >= 0.6 is 0 Å². The van der Waals surface area contributed by atoms with Gasteiger partial charge in [-0.1, -0.05) is 18.2 Å². The highest BCUT2D eigenvalue weighted by atomic mass is 32.2. The van der Waals surface area contributed by atoms with E-state index in [0.29, 0.717) is 5.75 Å². The molecule has 0 bridgehead atoms. The molecule has 2 aromatic rings. The second-order valence-corrected chi connectivity index (χ2v) is 7.94. The number of para-hydroxylation sites is 1. The van der Waals surface area contributed by atoms with Gasteiger partial charge in [0.25, 0.3) is 5.91 Å². The minimum absolute atomic E-state index is 0.0391. The summed E-state index contributed by atoms with van der Waals surface area (Å²) in [4.78, 5) is 12.5. The van der Waals surface area contributed by atoms with Crippen molar-refractivity contribution < 1.29 is 22.7 Å². The number of ether oxygens (including phenoxy) is 2. The minimum atomic E-state index is -3.75. The zero-order chi connectivity index (χ0) is 19.4. The van der Waals surface area contributed by atoms with E-state index in [0.717, 1.165) is 18.4 Å². The van der Waals surface area contributed by atoms with Gasteiger partial charge in [0.2, 0.25) is 10.0 Å². The van der Waals surface area contributed by atoms with Gasteiger partial charge in [0.1, 0.15) is 16.4 Å². The Labute approximate surface area is 158 Å². The molecule has 1 aliphatic rings. The van der Waals surface area contributed by atoms with Crippen LogP contribution in [0.1, 0.15) is 28.8 Å². The Balaban J connectivity index is 1.79. The molecule has 27 heavy (non-hydrogen) atoms. The zero-order valence-electron chi connectivity index (χ0n) is 15.2. The van der Waals surface area contributed by atoms with Crippen molar-refractivity contribution in [1.82, 2.24) is 10.0 Å². The Morgan fingerprint density at radius 2 is 1.78 bits per heavy atom. The molecule has 0 radical (unpaired) electrons. The fourth-order valence-corrected chi connectivity index (χ4v) is 4.14. The number of methoxy groups -OCH3 is 2. The molecule has 1 amide bonds. The summed E-state index contributed by atoms with van der Waals surface area (Å²) in [5.74, 6) is 0.486. The van der Waals surface area contributed by atoms with Crippen molar-refractivity contribution in [2.45, 2.75) is 30.3 Å². The molecular formula is C19H22N2O5S. The first kappa shape index (κ1) is 19.2. The highest BCUT2D eigenvalue weighted by molar-refractivity contribution is 7.89. The van der Waals surface area contributed by atoms with Gasteiger partial charge in [0.15, 0.2) is 0 Å². The van der Waals surface area contributed by atoms with E-state index in [-0.39, 0.29) is 34.7 Å². The fraction of sp³-hybridized carbons (Fsp3) is 0.316. The molecule has 0 spiro atoms. The first-order chi connectivity index (χ1) is 12.9. The first-order valence-corrected chi connectivity index (χ1v) is 10.0. The number of carbonyl (C=O) groups is 1. The molecule has 8 heteroatoms. The molecule has 0 saturated heterocycles. The number of amides is 1. The van der Waals surface area contributed by atoms with Crippen molar-refractivity contribution in [1.29, 1.82) is 0 Å². The molecule has 7 nitrogen and oxygen atoms in total. The van der Waals surface area contributed by atoms with Crippen molar-refractivity contribution in [3.8, 4) is 11.5 Å². The molecule has 3 rings (SSSR count). The molecule has 2 N–H and O–H groups in total. The van der Waals surface area contributed by atoms with Gasteiger partial charge in [-0.3, -0.25) is 4.79 Å². The van der Waals surface area contributed by atoms with Crippen LogP contribution in [0.4, 0.5) is 0 Å². The van der Waals surface area contributed by atoms with Crippen LogP contribution in [0.3, 0.4) is 0 Å². The maximum Gasteiger partial charge on any atom is 0.251 e. The van der Waals surface area contributed by atoms with Crippen molar-refractivity contribution in [2.24, 2.45) is 0 Å². The maximum absolute atomic E-state index is 12.6. The Hall–Kier alpha value is -2.58. The maximum atomic E-state index is 12.6. The molecule has 0 heterocycles. The predicted molar refractivity (Wildman–Crippen MR) is 101 cm³/mol. The van der Waals surface area contributed by atoms with Crippen molar-refractivity contribution >= 4 is 15.9 Å². The molecule has 2 aromatic carbocycles. The van der Waals surface area contributed by atoms with E-state index in [4.69, 9.17) is 9.47 Å². The Kier molecular flexibility index (Phi) is 5.67. The largest absolute Gasteiger partial charge is 0.496 e. The van der Waals surface area contributed by atoms with Gasteiger partial charge in [-0.25, -0.2) is 13.1 Å². The monoisotopic (exact) mass is 390 g/mol. The van der Waals surface area contributed by atoms with Crippen LogP contribution in [0, 0.1) is 0 Å².